The average Bonchev–Trinajstić information content (AvgIpc) is 3.29. The zero-order chi connectivity index (χ0) is 14.9. The fourth-order valence-electron chi connectivity index (χ4n) is 3.76. The maximum absolute atomic E-state index is 12.5. The van der Waals surface area contributed by atoms with Gasteiger partial charge in [-0.05, 0) is 43.6 Å². The van der Waals surface area contributed by atoms with Crippen LogP contribution in [0.2, 0.25) is 0 Å². The zero-order valence-electron chi connectivity index (χ0n) is 12.6. The Kier molecular flexibility index (Phi) is 3.45. The van der Waals surface area contributed by atoms with E-state index in [1.807, 2.05) is 29.2 Å². The molecule has 0 radical (unpaired) electrons. The van der Waals surface area contributed by atoms with Crippen molar-refractivity contribution in [3.05, 3.63) is 53.4 Å². The van der Waals surface area contributed by atoms with Gasteiger partial charge in [-0.3, -0.25) is 4.79 Å². The largest absolute Gasteiger partial charge is 0.351 e. The molecule has 1 aliphatic carbocycles. The van der Waals surface area contributed by atoms with Crippen LogP contribution in [0, 0.1) is 5.92 Å². The van der Waals surface area contributed by atoms with Crippen molar-refractivity contribution in [2.24, 2.45) is 5.92 Å². The highest BCUT2D eigenvalue weighted by molar-refractivity contribution is 5.92. The lowest BCUT2D eigenvalue weighted by molar-refractivity contribution is 0.0661. The molecular weight excluding hydrogens is 276 g/mol. The summed E-state index contributed by atoms with van der Waals surface area (Å²) in [5.74, 6) is 1.12. The third-order valence-electron chi connectivity index (χ3n) is 4.95. The van der Waals surface area contributed by atoms with Crippen LogP contribution in [0.1, 0.15) is 41.1 Å². The van der Waals surface area contributed by atoms with Crippen molar-refractivity contribution in [1.82, 2.24) is 10.1 Å². The summed E-state index contributed by atoms with van der Waals surface area (Å²) in [5.41, 5.74) is 2.13. The molecule has 4 rings (SSSR count). The molecule has 0 N–H and O–H groups in total. The Morgan fingerprint density at radius 1 is 1.23 bits per heavy atom. The number of likely N-dealkylation sites (tertiary alicyclic amines) is 1. The maximum atomic E-state index is 12.5. The number of hydrogen-bond donors (Lipinski definition) is 0. The summed E-state index contributed by atoms with van der Waals surface area (Å²) >= 11 is 0. The van der Waals surface area contributed by atoms with E-state index in [-0.39, 0.29) is 5.91 Å². The summed E-state index contributed by atoms with van der Waals surface area (Å²) < 4.78 is 5.29. The highest BCUT2D eigenvalue weighted by Gasteiger charge is 2.41. The first-order valence-electron chi connectivity index (χ1n) is 8.10. The molecule has 2 bridgehead atoms. The highest BCUT2D eigenvalue weighted by Crippen LogP contribution is 2.38. The number of piperidine rings is 1. The molecule has 2 fully saturated rings. The molecule has 1 amide bonds. The van der Waals surface area contributed by atoms with Crippen LogP contribution < -0.4 is 0 Å². The monoisotopic (exact) mass is 296 g/mol. The third kappa shape index (κ3) is 2.54. The molecule has 1 aliphatic heterocycles. The van der Waals surface area contributed by atoms with E-state index in [2.05, 4.69) is 17.3 Å². The minimum Gasteiger partial charge on any atom is -0.351 e. The van der Waals surface area contributed by atoms with Gasteiger partial charge in [0.15, 0.2) is 0 Å². The van der Waals surface area contributed by atoms with Gasteiger partial charge in [-0.15, -0.1) is 0 Å². The van der Waals surface area contributed by atoms with Gasteiger partial charge >= 0.3 is 0 Å². The summed E-state index contributed by atoms with van der Waals surface area (Å²) in [7, 11) is 0. The zero-order valence-corrected chi connectivity index (χ0v) is 12.6. The van der Waals surface area contributed by atoms with Gasteiger partial charge in [0.2, 0.25) is 5.76 Å². The Hall–Kier alpha value is -2.10. The molecule has 2 atom stereocenters. The van der Waals surface area contributed by atoms with Gasteiger partial charge in [-0.25, -0.2) is 0 Å². The molecule has 4 nitrogen and oxygen atoms in total. The SMILES string of the molecule is O=C(c1cc(CCc2ccccc2)no1)N1CC2CCC1C2. The van der Waals surface area contributed by atoms with Gasteiger partial charge in [0.1, 0.15) is 0 Å². The van der Waals surface area contributed by atoms with Crippen LogP contribution in [-0.2, 0) is 12.8 Å². The van der Waals surface area contributed by atoms with Crippen molar-refractivity contribution in [1.29, 1.82) is 0 Å². The van der Waals surface area contributed by atoms with Crippen molar-refractivity contribution < 1.29 is 9.32 Å². The lowest BCUT2D eigenvalue weighted by atomic mass is 10.1. The molecule has 114 valence electrons. The Balaban J connectivity index is 1.40. The number of hydrogen-bond acceptors (Lipinski definition) is 3. The van der Waals surface area contributed by atoms with Gasteiger partial charge < -0.3 is 9.42 Å². The summed E-state index contributed by atoms with van der Waals surface area (Å²) in [6, 6.07) is 12.5. The first kappa shape index (κ1) is 13.6. The van der Waals surface area contributed by atoms with Crippen LogP contribution in [-0.4, -0.2) is 28.6 Å². The van der Waals surface area contributed by atoms with E-state index in [9.17, 15) is 4.79 Å². The molecule has 0 spiro atoms. The number of carbonyl (C=O) groups excluding carboxylic acids is 1. The molecule has 1 aromatic carbocycles. The second-order valence-electron chi connectivity index (χ2n) is 6.46. The number of aryl methyl sites for hydroxylation is 2. The van der Waals surface area contributed by atoms with Crippen LogP contribution in [0.5, 0.6) is 0 Å². The van der Waals surface area contributed by atoms with Crippen molar-refractivity contribution in [3.8, 4) is 0 Å². The third-order valence-corrected chi connectivity index (χ3v) is 4.95. The van der Waals surface area contributed by atoms with E-state index >= 15 is 0 Å². The minimum absolute atomic E-state index is 0.0191. The minimum atomic E-state index is 0.0191. The van der Waals surface area contributed by atoms with Crippen molar-refractivity contribution in [2.45, 2.75) is 38.1 Å². The van der Waals surface area contributed by atoms with Crippen LogP contribution >= 0.6 is 0 Å². The summed E-state index contributed by atoms with van der Waals surface area (Å²) in [6.45, 7) is 0.892. The molecule has 22 heavy (non-hydrogen) atoms. The molecule has 1 aromatic heterocycles. The number of fused-ring (bicyclic) bond motifs is 2. The predicted molar refractivity (Wildman–Crippen MR) is 82.5 cm³/mol. The molecule has 1 saturated carbocycles. The number of benzene rings is 1. The van der Waals surface area contributed by atoms with Crippen molar-refractivity contribution in [3.63, 3.8) is 0 Å². The molecule has 2 unspecified atom stereocenters. The van der Waals surface area contributed by atoms with E-state index in [0.717, 1.165) is 31.5 Å². The quantitative estimate of drug-likeness (QED) is 0.871. The highest BCUT2D eigenvalue weighted by atomic mass is 16.5. The van der Waals surface area contributed by atoms with Crippen LogP contribution in [0.4, 0.5) is 0 Å². The molecule has 2 aromatic rings. The number of nitrogens with zero attached hydrogens (tertiary/aromatic N) is 2. The summed E-state index contributed by atoms with van der Waals surface area (Å²) in [5, 5.41) is 4.06. The van der Waals surface area contributed by atoms with Gasteiger partial charge in [-0.2, -0.15) is 0 Å². The fraction of sp³-hybridized carbons (Fsp3) is 0.444. The summed E-state index contributed by atoms with van der Waals surface area (Å²) in [6.07, 6.45) is 5.29. The van der Waals surface area contributed by atoms with Gasteiger partial charge in [0.05, 0.1) is 5.69 Å². The Labute approximate surface area is 130 Å². The van der Waals surface area contributed by atoms with Crippen LogP contribution in [0.3, 0.4) is 0 Å². The molecule has 2 heterocycles. The smallest absolute Gasteiger partial charge is 0.292 e. The van der Waals surface area contributed by atoms with Gasteiger partial charge in [-0.1, -0.05) is 35.5 Å². The Morgan fingerprint density at radius 3 is 2.82 bits per heavy atom. The molecule has 1 saturated heterocycles. The van der Waals surface area contributed by atoms with Crippen molar-refractivity contribution in [2.75, 3.05) is 6.54 Å². The first-order valence-corrected chi connectivity index (χ1v) is 8.10. The number of aromatic nitrogens is 1. The number of carbonyl (C=O) groups is 1. The molecular formula is C18H20N2O2. The van der Waals surface area contributed by atoms with E-state index in [1.165, 1.54) is 18.4 Å². The maximum Gasteiger partial charge on any atom is 0.292 e. The second kappa shape index (κ2) is 5.59. The second-order valence-corrected chi connectivity index (χ2v) is 6.46. The topological polar surface area (TPSA) is 46.3 Å². The number of rotatable bonds is 4. The van der Waals surface area contributed by atoms with E-state index in [0.29, 0.717) is 17.7 Å². The average molecular weight is 296 g/mol. The van der Waals surface area contributed by atoms with Crippen LogP contribution in [0.15, 0.2) is 40.9 Å². The van der Waals surface area contributed by atoms with Gasteiger partial charge in [0.25, 0.3) is 5.91 Å². The van der Waals surface area contributed by atoms with Gasteiger partial charge in [0, 0.05) is 18.7 Å². The number of amides is 1. The lowest BCUT2D eigenvalue weighted by Gasteiger charge is -2.25. The first-order chi connectivity index (χ1) is 10.8. The standard InChI is InChI=1S/C18H20N2O2/c21-18(20-12-14-7-9-16(20)10-14)17-11-15(19-22-17)8-6-13-4-2-1-3-5-13/h1-5,11,14,16H,6-10,12H2. The van der Waals surface area contributed by atoms with E-state index < -0.39 is 0 Å². The summed E-state index contributed by atoms with van der Waals surface area (Å²) in [4.78, 5) is 14.5. The van der Waals surface area contributed by atoms with Crippen molar-refractivity contribution >= 4 is 5.91 Å². The Morgan fingerprint density at radius 2 is 2.09 bits per heavy atom. The lowest BCUT2D eigenvalue weighted by Crippen LogP contribution is -2.37. The fourth-order valence-corrected chi connectivity index (χ4v) is 3.76. The van der Waals surface area contributed by atoms with E-state index in [4.69, 9.17) is 4.52 Å². The molecule has 2 aliphatic rings. The van der Waals surface area contributed by atoms with Crippen LogP contribution in [0.25, 0.3) is 0 Å². The molecule has 4 heteroatoms. The normalized spacial score (nSPS) is 23.2. The van der Waals surface area contributed by atoms with E-state index in [1.54, 1.807) is 0 Å². The predicted octanol–water partition coefficient (Wildman–Crippen LogP) is 3.08. The Bertz CT molecular complexity index is 665.